The van der Waals surface area contributed by atoms with Crippen molar-refractivity contribution in [1.29, 1.82) is 0 Å². The van der Waals surface area contributed by atoms with Crippen LogP contribution in [0, 0.1) is 0 Å². The summed E-state index contributed by atoms with van der Waals surface area (Å²) in [6, 6.07) is 14.2. The first-order valence-electron chi connectivity index (χ1n) is 7.54. The molecule has 6 heteroatoms. The van der Waals surface area contributed by atoms with E-state index < -0.39 is 6.04 Å². The Balaban J connectivity index is 1.80. The van der Waals surface area contributed by atoms with Crippen LogP contribution in [0.25, 0.3) is 0 Å². The largest absolute Gasteiger partial charge is 0.497 e. The number of benzene rings is 2. The van der Waals surface area contributed by atoms with Crippen molar-refractivity contribution in [3.05, 3.63) is 48.5 Å². The zero-order chi connectivity index (χ0) is 17.1. The summed E-state index contributed by atoms with van der Waals surface area (Å²) >= 11 is 1.63. The fourth-order valence-corrected chi connectivity index (χ4v) is 3.14. The Labute approximate surface area is 145 Å². The van der Waals surface area contributed by atoms with E-state index in [1.165, 1.54) is 4.90 Å². The summed E-state index contributed by atoms with van der Waals surface area (Å²) in [7, 11) is 1.55. The van der Waals surface area contributed by atoms with Crippen LogP contribution in [0.3, 0.4) is 0 Å². The van der Waals surface area contributed by atoms with Crippen LogP contribution in [0.2, 0.25) is 0 Å². The van der Waals surface area contributed by atoms with Crippen molar-refractivity contribution >= 4 is 35.0 Å². The van der Waals surface area contributed by atoms with Crippen molar-refractivity contribution in [2.75, 3.05) is 23.6 Å². The Bertz CT molecular complexity index is 778. The maximum Gasteiger partial charge on any atom is 0.256 e. The second-order valence-corrected chi connectivity index (χ2v) is 6.28. The van der Waals surface area contributed by atoms with E-state index in [0.717, 1.165) is 10.6 Å². The molecule has 1 heterocycles. The van der Waals surface area contributed by atoms with Crippen molar-refractivity contribution < 1.29 is 14.3 Å². The van der Waals surface area contributed by atoms with Gasteiger partial charge in [0.1, 0.15) is 11.8 Å². The minimum atomic E-state index is -0.555. The maximum atomic E-state index is 12.7. The molecule has 0 saturated carbocycles. The number of ether oxygens (including phenoxy) is 1. The van der Waals surface area contributed by atoms with Crippen LogP contribution in [0.4, 0.5) is 11.4 Å². The molecule has 1 aliphatic heterocycles. The average molecular weight is 342 g/mol. The van der Waals surface area contributed by atoms with Gasteiger partial charge in [-0.1, -0.05) is 12.1 Å². The summed E-state index contributed by atoms with van der Waals surface area (Å²) in [5.74, 6) is 0.145. The summed E-state index contributed by atoms with van der Waals surface area (Å²) in [6.45, 7) is 0. The standard InChI is InChI=1S/C18H18N2O3S/c1-23-14-7-4-6-13(10-14)20-17(21)11-16(18(20)22)19-12-5-3-8-15(9-12)24-2/h3-10,16,19H,11H2,1-2H3/t16-/m1/s1. The van der Waals surface area contributed by atoms with Crippen molar-refractivity contribution in [1.82, 2.24) is 0 Å². The summed E-state index contributed by atoms with van der Waals surface area (Å²) in [6.07, 6.45) is 2.13. The van der Waals surface area contributed by atoms with Crippen LogP contribution in [0.1, 0.15) is 6.42 Å². The first-order chi connectivity index (χ1) is 11.6. The highest BCUT2D eigenvalue weighted by Gasteiger charge is 2.39. The number of hydrogen-bond acceptors (Lipinski definition) is 5. The fraction of sp³-hybridized carbons (Fsp3) is 0.222. The Kier molecular flexibility index (Phi) is 4.76. The van der Waals surface area contributed by atoms with Gasteiger partial charge in [0.05, 0.1) is 19.2 Å². The molecule has 124 valence electrons. The van der Waals surface area contributed by atoms with Gasteiger partial charge in [-0.15, -0.1) is 11.8 Å². The third kappa shape index (κ3) is 3.23. The van der Waals surface area contributed by atoms with Crippen molar-refractivity contribution in [2.24, 2.45) is 0 Å². The monoisotopic (exact) mass is 342 g/mol. The van der Waals surface area contributed by atoms with Crippen molar-refractivity contribution in [3.63, 3.8) is 0 Å². The molecular weight excluding hydrogens is 324 g/mol. The third-order valence-electron chi connectivity index (χ3n) is 3.87. The summed E-state index contributed by atoms with van der Waals surface area (Å²) in [5.41, 5.74) is 1.37. The first kappa shape index (κ1) is 16.4. The molecule has 1 aliphatic rings. The number of anilines is 2. The van der Waals surface area contributed by atoms with Crippen molar-refractivity contribution in [3.8, 4) is 5.75 Å². The van der Waals surface area contributed by atoms with E-state index in [1.54, 1.807) is 43.1 Å². The van der Waals surface area contributed by atoms with E-state index >= 15 is 0 Å². The molecule has 5 nitrogen and oxygen atoms in total. The predicted molar refractivity (Wildman–Crippen MR) is 95.7 cm³/mol. The van der Waals surface area contributed by atoms with Gasteiger partial charge in [-0.3, -0.25) is 9.59 Å². The second-order valence-electron chi connectivity index (χ2n) is 5.40. The van der Waals surface area contributed by atoms with Crippen LogP contribution in [-0.4, -0.2) is 31.2 Å². The topological polar surface area (TPSA) is 58.6 Å². The van der Waals surface area contributed by atoms with E-state index in [2.05, 4.69) is 5.32 Å². The Morgan fingerprint density at radius 3 is 2.71 bits per heavy atom. The number of carbonyl (C=O) groups is 2. The van der Waals surface area contributed by atoms with E-state index in [1.807, 2.05) is 30.5 Å². The number of amides is 2. The lowest BCUT2D eigenvalue weighted by Gasteiger charge is -2.17. The minimum Gasteiger partial charge on any atom is -0.497 e. The number of methoxy groups -OCH3 is 1. The molecule has 1 atom stereocenters. The van der Waals surface area contributed by atoms with Gasteiger partial charge in [0.2, 0.25) is 5.91 Å². The molecule has 0 aromatic heterocycles. The number of rotatable bonds is 5. The van der Waals surface area contributed by atoms with E-state index in [0.29, 0.717) is 11.4 Å². The molecule has 0 unspecified atom stereocenters. The molecule has 1 fully saturated rings. The van der Waals surface area contributed by atoms with Gasteiger partial charge in [-0.05, 0) is 36.6 Å². The molecule has 2 aromatic carbocycles. The van der Waals surface area contributed by atoms with Gasteiger partial charge in [0.15, 0.2) is 0 Å². The Hall–Kier alpha value is -2.47. The van der Waals surface area contributed by atoms with Gasteiger partial charge in [-0.25, -0.2) is 4.90 Å². The third-order valence-corrected chi connectivity index (χ3v) is 4.59. The molecule has 24 heavy (non-hydrogen) atoms. The molecule has 2 aromatic rings. The van der Waals surface area contributed by atoms with Gasteiger partial charge in [-0.2, -0.15) is 0 Å². The van der Waals surface area contributed by atoms with E-state index in [4.69, 9.17) is 4.74 Å². The molecule has 3 rings (SSSR count). The minimum absolute atomic E-state index is 0.138. The normalized spacial score (nSPS) is 17.2. The van der Waals surface area contributed by atoms with Gasteiger partial charge < -0.3 is 10.1 Å². The van der Waals surface area contributed by atoms with Crippen molar-refractivity contribution in [2.45, 2.75) is 17.4 Å². The molecule has 0 spiro atoms. The van der Waals surface area contributed by atoms with Crippen LogP contribution >= 0.6 is 11.8 Å². The molecule has 1 N–H and O–H groups in total. The number of nitrogens with one attached hydrogen (secondary N) is 1. The van der Waals surface area contributed by atoms with E-state index in [9.17, 15) is 9.59 Å². The predicted octanol–water partition coefficient (Wildman–Crippen LogP) is 3.16. The number of thioether (sulfide) groups is 1. The highest BCUT2D eigenvalue weighted by Crippen LogP contribution is 2.28. The van der Waals surface area contributed by atoms with Gasteiger partial charge in [0, 0.05) is 16.6 Å². The maximum absolute atomic E-state index is 12.7. The molecule has 0 radical (unpaired) electrons. The molecule has 2 amide bonds. The highest BCUT2D eigenvalue weighted by atomic mass is 32.2. The number of nitrogens with zero attached hydrogens (tertiary/aromatic N) is 1. The molecular formula is C18H18N2O3S. The van der Waals surface area contributed by atoms with Crippen LogP contribution in [-0.2, 0) is 9.59 Å². The lowest BCUT2D eigenvalue weighted by atomic mass is 10.2. The molecule has 1 saturated heterocycles. The Morgan fingerprint density at radius 2 is 1.96 bits per heavy atom. The number of carbonyl (C=O) groups excluding carboxylic acids is 2. The van der Waals surface area contributed by atoms with Gasteiger partial charge >= 0.3 is 0 Å². The second kappa shape index (κ2) is 6.97. The summed E-state index contributed by atoms with van der Waals surface area (Å²) in [5, 5.41) is 3.17. The average Bonchev–Trinajstić information content (AvgIpc) is 2.88. The molecule has 0 aliphatic carbocycles. The molecule has 0 bridgehead atoms. The SMILES string of the molecule is COc1cccc(N2C(=O)C[C@@H](Nc3cccc(SC)c3)C2=O)c1. The summed E-state index contributed by atoms with van der Waals surface area (Å²) < 4.78 is 5.17. The summed E-state index contributed by atoms with van der Waals surface area (Å²) in [4.78, 5) is 27.3. The zero-order valence-electron chi connectivity index (χ0n) is 13.5. The lowest BCUT2D eigenvalue weighted by Crippen LogP contribution is -2.34. The fourth-order valence-electron chi connectivity index (χ4n) is 2.68. The smallest absolute Gasteiger partial charge is 0.256 e. The van der Waals surface area contributed by atoms with Crippen LogP contribution < -0.4 is 15.0 Å². The lowest BCUT2D eigenvalue weighted by molar-refractivity contribution is -0.121. The number of imide groups is 1. The Morgan fingerprint density at radius 1 is 1.17 bits per heavy atom. The highest BCUT2D eigenvalue weighted by molar-refractivity contribution is 7.98. The zero-order valence-corrected chi connectivity index (χ0v) is 14.3. The van der Waals surface area contributed by atoms with E-state index in [-0.39, 0.29) is 18.2 Å². The first-order valence-corrected chi connectivity index (χ1v) is 8.76. The number of hydrogen-bond donors (Lipinski definition) is 1. The van der Waals surface area contributed by atoms with Crippen LogP contribution in [0.5, 0.6) is 5.75 Å². The van der Waals surface area contributed by atoms with Gasteiger partial charge in [0.25, 0.3) is 5.91 Å². The van der Waals surface area contributed by atoms with Crippen LogP contribution in [0.15, 0.2) is 53.4 Å². The quantitative estimate of drug-likeness (QED) is 0.668.